The van der Waals surface area contributed by atoms with Crippen LogP contribution in [-0.2, 0) is 5.41 Å². The van der Waals surface area contributed by atoms with Gasteiger partial charge >= 0.3 is 0 Å². The molecule has 0 saturated heterocycles. The lowest BCUT2D eigenvalue weighted by atomic mass is 9.86. The molecule has 0 spiro atoms. The van der Waals surface area contributed by atoms with Crippen molar-refractivity contribution in [3.8, 4) is 11.8 Å². The van der Waals surface area contributed by atoms with Crippen LogP contribution in [0.1, 0.15) is 57.1 Å². The third-order valence-corrected chi connectivity index (χ3v) is 7.20. The number of allylic oxidation sites excluding steroid dienone is 1. The highest BCUT2D eigenvalue weighted by Crippen LogP contribution is 2.34. The normalized spacial score (nSPS) is 14.1. The van der Waals surface area contributed by atoms with Crippen molar-refractivity contribution in [2.24, 2.45) is 4.99 Å². The molecule has 7 nitrogen and oxygen atoms in total. The molecule has 3 aromatic carbocycles. The quantitative estimate of drug-likeness (QED) is 0.272. The first-order valence-electron chi connectivity index (χ1n) is 13.6. The Kier molecular flexibility index (Phi) is 7.27. The maximum absolute atomic E-state index is 10.4. The summed E-state index contributed by atoms with van der Waals surface area (Å²) in [5.74, 6) is 2.25. The fraction of sp³-hybridized carbons (Fsp3) is 0.273. The number of para-hydroxylation sites is 1. The summed E-state index contributed by atoms with van der Waals surface area (Å²) in [4.78, 5) is 16.9. The second-order valence-corrected chi connectivity index (χ2v) is 10.7. The Morgan fingerprint density at radius 3 is 2.35 bits per heavy atom. The molecule has 0 aliphatic carbocycles. The van der Waals surface area contributed by atoms with E-state index in [1.807, 2.05) is 42.5 Å². The Hall–Kier alpha value is -4.70. The second kappa shape index (κ2) is 10.8. The third-order valence-electron chi connectivity index (χ3n) is 7.20. The van der Waals surface area contributed by atoms with Crippen LogP contribution in [0.15, 0.2) is 77.5 Å². The number of nitrogens with zero attached hydrogens (tertiary/aromatic N) is 5. The van der Waals surface area contributed by atoms with Crippen molar-refractivity contribution in [3.05, 3.63) is 95.1 Å². The number of aromatic nitrogens is 2. The van der Waals surface area contributed by atoms with Crippen LogP contribution in [0.3, 0.4) is 0 Å². The van der Waals surface area contributed by atoms with E-state index in [0.717, 1.165) is 52.3 Å². The van der Waals surface area contributed by atoms with Crippen molar-refractivity contribution in [1.29, 1.82) is 5.26 Å². The van der Waals surface area contributed by atoms with E-state index >= 15 is 0 Å². The lowest BCUT2D eigenvalue weighted by Crippen LogP contribution is -2.24. The number of benzene rings is 3. The molecule has 40 heavy (non-hydrogen) atoms. The summed E-state index contributed by atoms with van der Waals surface area (Å²) in [6.07, 6.45) is 0. The number of ether oxygens (including phenoxy) is 1. The van der Waals surface area contributed by atoms with E-state index in [4.69, 9.17) is 19.7 Å². The molecule has 0 atom stereocenters. The van der Waals surface area contributed by atoms with Gasteiger partial charge < -0.3 is 15.0 Å². The molecular weight excluding hydrogens is 496 g/mol. The number of methoxy groups -OCH3 is 1. The molecular formula is C33H34N6O. The molecule has 4 aromatic rings. The number of aliphatic imine (C=N–C) groups is 1. The molecule has 0 radical (unpaired) electrons. The van der Waals surface area contributed by atoms with Crippen LogP contribution in [0, 0.1) is 11.3 Å². The summed E-state index contributed by atoms with van der Waals surface area (Å²) in [6.45, 7) is 12.4. The van der Waals surface area contributed by atoms with Crippen LogP contribution in [0.25, 0.3) is 16.5 Å². The molecule has 0 bridgehead atoms. The van der Waals surface area contributed by atoms with Crippen LogP contribution < -0.4 is 15.0 Å². The molecule has 5 rings (SSSR count). The number of fused-ring (bicyclic) bond motifs is 2. The maximum atomic E-state index is 10.4. The minimum atomic E-state index is 0.0365. The Morgan fingerprint density at radius 2 is 1.70 bits per heavy atom. The molecule has 1 aliphatic heterocycles. The summed E-state index contributed by atoms with van der Waals surface area (Å²) in [7, 11) is 1.64. The molecule has 1 N–H and O–H groups in total. The lowest BCUT2D eigenvalue weighted by Gasteiger charge is -2.24. The highest BCUT2D eigenvalue weighted by Gasteiger charge is 2.25. The Morgan fingerprint density at radius 1 is 0.975 bits per heavy atom. The van der Waals surface area contributed by atoms with E-state index in [9.17, 15) is 5.26 Å². The fourth-order valence-corrected chi connectivity index (χ4v) is 4.90. The topological polar surface area (TPSA) is 86.4 Å². The van der Waals surface area contributed by atoms with Gasteiger partial charge in [-0.3, -0.25) is 0 Å². The van der Waals surface area contributed by atoms with Gasteiger partial charge in [-0.1, -0.05) is 57.2 Å². The van der Waals surface area contributed by atoms with Crippen molar-refractivity contribution >= 4 is 33.7 Å². The maximum Gasteiger partial charge on any atom is 0.176 e. The number of nitriles is 1. The zero-order valence-electron chi connectivity index (χ0n) is 23.9. The van der Waals surface area contributed by atoms with Crippen molar-refractivity contribution in [2.75, 3.05) is 30.4 Å². The van der Waals surface area contributed by atoms with Gasteiger partial charge in [0.2, 0.25) is 0 Å². The molecule has 0 saturated carbocycles. The summed E-state index contributed by atoms with van der Waals surface area (Å²) in [5, 5.41) is 14.8. The van der Waals surface area contributed by atoms with Crippen LogP contribution in [0.2, 0.25) is 0 Å². The minimum Gasteiger partial charge on any atom is -0.497 e. The number of hydrogen-bond donors (Lipinski definition) is 1. The molecule has 0 unspecified atom stereocenters. The van der Waals surface area contributed by atoms with Crippen molar-refractivity contribution < 1.29 is 4.74 Å². The average Bonchev–Trinajstić information content (AvgIpc) is 2.97. The number of nitrogens with one attached hydrogen (secondary N) is 1. The molecule has 1 aromatic heterocycles. The second-order valence-electron chi connectivity index (χ2n) is 10.7. The van der Waals surface area contributed by atoms with Gasteiger partial charge in [0.15, 0.2) is 11.6 Å². The highest BCUT2D eigenvalue weighted by molar-refractivity contribution is 6.18. The van der Waals surface area contributed by atoms with Gasteiger partial charge in [0.05, 0.1) is 24.0 Å². The van der Waals surface area contributed by atoms with Gasteiger partial charge in [-0.15, -0.1) is 0 Å². The standard InChI is InChI=1S/C33H34N6O/c1-7-39(8-2)32-25-11-9-10-12-27(25)35-31(38-32)26(20-34)30-36-28-19-23(40-6)17-18-24(28)29(37-30)21-13-15-22(16-14-21)33(3,4)5/h9-19,36H,7-8H2,1-6H3/b30-26-. The van der Waals surface area contributed by atoms with Crippen LogP contribution in [-0.4, -0.2) is 35.9 Å². The molecule has 1 aliphatic rings. The van der Waals surface area contributed by atoms with E-state index in [-0.39, 0.29) is 11.0 Å². The predicted octanol–water partition coefficient (Wildman–Crippen LogP) is 6.94. The monoisotopic (exact) mass is 530 g/mol. The zero-order valence-corrected chi connectivity index (χ0v) is 23.9. The average molecular weight is 531 g/mol. The first-order valence-corrected chi connectivity index (χ1v) is 13.6. The van der Waals surface area contributed by atoms with Crippen LogP contribution in [0.4, 0.5) is 11.5 Å². The summed E-state index contributed by atoms with van der Waals surface area (Å²) >= 11 is 0. The molecule has 0 fully saturated rings. The fourth-order valence-electron chi connectivity index (χ4n) is 4.90. The molecule has 202 valence electrons. The van der Waals surface area contributed by atoms with Crippen molar-refractivity contribution in [2.45, 2.75) is 40.0 Å². The van der Waals surface area contributed by atoms with Gasteiger partial charge in [0, 0.05) is 35.7 Å². The van der Waals surface area contributed by atoms with Crippen LogP contribution in [0.5, 0.6) is 5.75 Å². The zero-order chi connectivity index (χ0) is 28.4. The number of anilines is 2. The van der Waals surface area contributed by atoms with E-state index in [1.165, 1.54) is 5.56 Å². The lowest BCUT2D eigenvalue weighted by molar-refractivity contribution is 0.415. The van der Waals surface area contributed by atoms with E-state index in [2.05, 4.69) is 75.2 Å². The van der Waals surface area contributed by atoms with Gasteiger partial charge in [0.25, 0.3) is 0 Å². The smallest absolute Gasteiger partial charge is 0.176 e. The van der Waals surface area contributed by atoms with Crippen molar-refractivity contribution in [1.82, 2.24) is 9.97 Å². The Balaban J connectivity index is 1.73. The summed E-state index contributed by atoms with van der Waals surface area (Å²) < 4.78 is 5.50. The van der Waals surface area contributed by atoms with Crippen LogP contribution >= 0.6 is 0 Å². The summed E-state index contributed by atoms with van der Waals surface area (Å²) in [5.41, 5.74) is 5.78. The van der Waals surface area contributed by atoms with E-state index in [0.29, 0.717) is 17.4 Å². The third kappa shape index (κ3) is 5.01. The Bertz CT molecular complexity index is 1670. The van der Waals surface area contributed by atoms with Gasteiger partial charge in [-0.25, -0.2) is 15.0 Å². The Labute approximate surface area is 235 Å². The predicted molar refractivity (Wildman–Crippen MR) is 163 cm³/mol. The largest absolute Gasteiger partial charge is 0.497 e. The number of hydrogen-bond acceptors (Lipinski definition) is 7. The highest BCUT2D eigenvalue weighted by atomic mass is 16.5. The minimum absolute atomic E-state index is 0.0365. The number of rotatable bonds is 6. The molecule has 0 amide bonds. The van der Waals surface area contributed by atoms with Gasteiger partial charge in [-0.2, -0.15) is 5.26 Å². The van der Waals surface area contributed by atoms with E-state index < -0.39 is 0 Å². The first-order chi connectivity index (χ1) is 19.3. The van der Waals surface area contributed by atoms with Gasteiger partial charge in [0.1, 0.15) is 23.2 Å². The molecule has 2 heterocycles. The molecule has 7 heteroatoms. The van der Waals surface area contributed by atoms with Crippen molar-refractivity contribution in [3.63, 3.8) is 0 Å². The first kappa shape index (κ1) is 26.9. The van der Waals surface area contributed by atoms with Gasteiger partial charge in [-0.05, 0) is 49.1 Å². The SMILES string of the molecule is CCN(CC)c1nc(/C(C#N)=C2\N=C(c3ccc(C(C)(C)C)cc3)c3ccc(OC)cc3N2)nc2ccccc12. The van der Waals surface area contributed by atoms with E-state index in [1.54, 1.807) is 7.11 Å². The summed E-state index contributed by atoms with van der Waals surface area (Å²) in [6, 6.07) is 24.5.